The van der Waals surface area contributed by atoms with E-state index in [1.807, 2.05) is 48.6 Å². The lowest BCUT2D eigenvalue weighted by atomic mass is 10.1. The van der Waals surface area contributed by atoms with Crippen molar-refractivity contribution in [2.45, 2.75) is 173 Å². The third-order valence-electron chi connectivity index (χ3n) is 10.7. The minimum absolute atomic E-state index is 0.00186. The molecule has 2 heterocycles. The SMILES string of the molecule is CCCCC/C=C\C/C=C\C/C=C\C/C=C\CCCC(=O)O[C@H](COC(=O)CCC/C=C\C/C=C\C=C\[C@H](O)C/C=C\CCCCC)COP(=O)(O)OP(=O)(O)OC[C@H]1O[C@@H](n2ccc(N)nc2=O)[C@H](O)[C@@H]1O. The minimum atomic E-state index is -5.46. The first-order chi connectivity index (χ1) is 35.1. The van der Waals surface area contributed by atoms with E-state index >= 15 is 0 Å². The van der Waals surface area contributed by atoms with Gasteiger partial charge in [-0.05, 0) is 89.5 Å². The van der Waals surface area contributed by atoms with Gasteiger partial charge >= 0.3 is 33.3 Å². The number of unbranched alkanes of at least 4 members (excludes halogenated alkanes) is 8. The summed E-state index contributed by atoms with van der Waals surface area (Å²) < 4.78 is 56.6. The van der Waals surface area contributed by atoms with Crippen LogP contribution in [0, 0.1) is 0 Å². The quantitative estimate of drug-likeness (QED) is 0.0117. The minimum Gasteiger partial charge on any atom is -0.462 e. The number of rotatable bonds is 40. The molecule has 19 nitrogen and oxygen atoms in total. The van der Waals surface area contributed by atoms with E-state index < -0.39 is 89.8 Å². The van der Waals surface area contributed by atoms with Gasteiger partial charge in [-0.1, -0.05) is 137 Å². The van der Waals surface area contributed by atoms with Crippen LogP contribution in [0.25, 0.3) is 0 Å². The Morgan fingerprint density at radius 2 is 1.26 bits per heavy atom. The Labute approximate surface area is 431 Å². The number of carbonyl (C=O) groups excluding carboxylic acids is 2. The average molecular weight is 1070 g/mol. The third kappa shape index (κ3) is 31.9. The van der Waals surface area contributed by atoms with Gasteiger partial charge in [-0.3, -0.25) is 23.2 Å². The Hall–Kier alpha value is -4.36. The molecule has 0 radical (unpaired) electrons. The normalized spacial score (nSPS) is 20.2. The number of ether oxygens (including phenoxy) is 3. The van der Waals surface area contributed by atoms with Gasteiger partial charge in [-0.15, -0.1) is 0 Å². The number of aromatic nitrogens is 2. The van der Waals surface area contributed by atoms with E-state index in [1.54, 1.807) is 12.2 Å². The zero-order valence-electron chi connectivity index (χ0n) is 42.5. The number of nitrogens with two attached hydrogens (primary N) is 1. The van der Waals surface area contributed by atoms with Crippen molar-refractivity contribution in [1.29, 1.82) is 0 Å². The zero-order valence-corrected chi connectivity index (χ0v) is 44.3. The molecule has 2 unspecified atom stereocenters. The molecular formula is C52H81N3O16P2. The molecule has 0 bridgehead atoms. The largest absolute Gasteiger partial charge is 0.481 e. The maximum absolute atomic E-state index is 12.8. The van der Waals surface area contributed by atoms with Crippen molar-refractivity contribution in [2.75, 3.05) is 25.6 Å². The summed E-state index contributed by atoms with van der Waals surface area (Å²) in [4.78, 5) is 61.9. The van der Waals surface area contributed by atoms with Crippen LogP contribution in [0.5, 0.6) is 0 Å². The van der Waals surface area contributed by atoms with Crippen LogP contribution >= 0.6 is 15.6 Å². The van der Waals surface area contributed by atoms with Crippen LogP contribution in [0.4, 0.5) is 5.82 Å². The summed E-state index contributed by atoms with van der Waals surface area (Å²) in [6.07, 6.45) is 39.6. The monoisotopic (exact) mass is 1070 g/mol. The highest BCUT2D eigenvalue weighted by atomic mass is 31.3. The number of phosphoric acid groups is 2. The standard InChI is InChI=1S/C52H81N3O16P2/c1-3-5-7-9-11-12-13-14-15-16-17-18-19-20-25-29-33-37-48(58)69-44(40-66-47(57)36-32-28-24-22-21-23-27-31-35-43(56)34-30-26-10-8-6-4-2)41-67-72(62,63)71-73(64,65)68-42-45-49(59)50(60)51(70-45)55-39-38-46(53)54-52(55)61/h11-12,14-15,17-18,20,22-27,30-31,35,38-39,43-45,49-51,56,59-60H,3-10,13,16,19,21,28-29,32-34,36-37,40-42H2,1-2H3,(H,62,63)(H,64,65)(H2,53,54,61)/b12-11-,15-14-,18-17-,24-22-,25-20-,27-23-,30-26-,35-31+/t43-,44-,45-,49-,50-,51-/m1/s1. The van der Waals surface area contributed by atoms with Gasteiger partial charge in [0.2, 0.25) is 0 Å². The molecule has 7 N–H and O–H groups in total. The summed E-state index contributed by atoms with van der Waals surface area (Å²) >= 11 is 0. The number of nitrogen functional groups attached to an aromatic ring is 1. The number of esters is 2. The lowest BCUT2D eigenvalue weighted by Crippen LogP contribution is -2.36. The number of aliphatic hydroxyl groups is 3. The van der Waals surface area contributed by atoms with E-state index in [0.717, 1.165) is 49.3 Å². The lowest BCUT2D eigenvalue weighted by Gasteiger charge is -2.21. The number of phosphoric ester groups is 2. The van der Waals surface area contributed by atoms with Crippen LogP contribution < -0.4 is 11.4 Å². The summed E-state index contributed by atoms with van der Waals surface area (Å²) in [6.45, 7) is 1.90. The van der Waals surface area contributed by atoms with Gasteiger partial charge in [-0.25, -0.2) is 13.9 Å². The van der Waals surface area contributed by atoms with Crippen molar-refractivity contribution in [3.05, 3.63) is 120 Å². The van der Waals surface area contributed by atoms with Crippen molar-refractivity contribution in [1.82, 2.24) is 9.55 Å². The van der Waals surface area contributed by atoms with Crippen LogP contribution in [0.3, 0.4) is 0 Å². The molecule has 0 aliphatic carbocycles. The van der Waals surface area contributed by atoms with Gasteiger partial charge < -0.3 is 45.1 Å². The second kappa shape index (κ2) is 39.1. The summed E-state index contributed by atoms with van der Waals surface area (Å²) in [5, 5.41) is 31.0. The van der Waals surface area contributed by atoms with Crippen molar-refractivity contribution in [3.63, 3.8) is 0 Å². The topological polar surface area (TPSA) is 286 Å². The molecule has 1 fully saturated rings. The van der Waals surface area contributed by atoms with E-state index in [4.69, 9.17) is 29.0 Å². The van der Waals surface area contributed by atoms with Crippen LogP contribution in [0.2, 0.25) is 0 Å². The number of allylic oxidation sites excluding steroid dienone is 14. The molecule has 1 aliphatic rings. The van der Waals surface area contributed by atoms with Crippen LogP contribution in [0.1, 0.15) is 142 Å². The van der Waals surface area contributed by atoms with Crippen molar-refractivity contribution in [2.24, 2.45) is 0 Å². The number of nitrogens with zero attached hydrogens (tertiary/aromatic N) is 2. The number of hydrogen-bond donors (Lipinski definition) is 6. The molecule has 0 amide bonds. The highest BCUT2D eigenvalue weighted by Gasteiger charge is 2.46. The van der Waals surface area contributed by atoms with Crippen molar-refractivity contribution < 1.29 is 71.4 Å². The van der Waals surface area contributed by atoms with E-state index in [1.165, 1.54) is 38.2 Å². The first kappa shape index (κ1) is 64.8. The summed E-state index contributed by atoms with van der Waals surface area (Å²) in [5.74, 6) is -1.49. The Morgan fingerprint density at radius 3 is 1.85 bits per heavy atom. The second-order valence-electron chi connectivity index (χ2n) is 17.2. The van der Waals surface area contributed by atoms with E-state index in [9.17, 15) is 48.6 Å². The predicted octanol–water partition coefficient (Wildman–Crippen LogP) is 9.41. The average Bonchev–Trinajstić information content (AvgIpc) is 3.62. The molecule has 1 aromatic heterocycles. The van der Waals surface area contributed by atoms with Gasteiger partial charge in [0.15, 0.2) is 12.3 Å². The molecule has 8 atom stereocenters. The molecule has 0 spiro atoms. The highest BCUT2D eigenvalue weighted by Crippen LogP contribution is 2.60. The first-order valence-corrected chi connectivity index (χ1v) is 28.3. The van der Waals surface area contributed by atoms with Crippen molar-refractivity contribution >= 4 is 33.4 Å². The lowest BCUT2D eigenvalue weighted by molar-refractivity contribution is -0.161. The Morgan fingerprint density at radius 1 is 0.726 bits per heavy atom. The van der Waals surface area contributed by atoms with Crippen LogP contribution in [0.15, 0.2) is 114 Å². The molecular weight excluding hydrogens is 985 g/mol. The second-order valence-corrected chi connectivity index (χ2v) is 20.2. The fraction of sp³-hybridized carbons (Fsp3) is 0.577. The van der Waals surface area contributed by atoms with Crippen LogP contribution in [-0.2, 0) is 46.3 Å². The fourth-order valence-electron chi connectivity index (χ4n) is 6.73. The molecule has 0 aromatic carbocycles. The summed E-state index contributed by atoms with van der Waals surface area (Å²) in [6, 6.07) is 1.24. The van der Waals surface area contributed by atoms with E-state index in [0.29, 0.717) is 38.5 Å². The molecule has 2 rings (SSSR count). The first-order valence-electron chi connectivity index (χ1n) is 25.4. The molecule has 410 valence electrons. The van der Waals surface area contributed by atoms with E-state index in [2.05, 4.69) is 59.6 Å². The number of carbonyl (C=O) groups is 2. The maximum atomic E-state index is 12.8. The summed E-state index contributed by atoms with van der Waals surface area (Å²) in [7, 11) is -10.9. The Balaban J connectivity index is 1.88. The van der Waals surface area contributed by atoms with Gasteiger partial charge in [0.1, 0.15) is 30.7 Å². The summed E-state index contributed by atoms with van der Waals surface area (Å²) in [5.41, 5.74) is 4.57. The zero-order chi connectivity index (χ0) is 53.6. The van der Waals surface area contributed by atoms with E-state index in [-0.39, 0.29) is 18.7 Å². The number of hydrogen-bond acceptors (Lipinski definition) is 16. The molecule has 1 aromatic rings. The van der Waals surface area contributed by atoms with Gasteiger partial charge in [0.05, 0.1) is 19.3 Å². The number of aliphatic hydroxyl groups excluding tert-OH is 3. The number of anilines is 1. The third-order valence-corrected chi connectivity index (χ3v) is 13.3. The molecule has 0 saturated carbocycles. The smallest absolute Gasteiger partial charge is 0.462 e. The molecule has 21 heteroatoms. The molecule has 1 saturated heterocycles. The van der Waals surface area contributed by atoms with Gasteiger partial charge in [0.25, 0.3) is 0 Å². The molecule has 1 aliphatic heterocycles. The predicted molar refractivity (Wildman–Crippen MR) is 281 cm³/mol. The fourth-order valence-corrected chi connectivity index (χ4v) is 8.84. The highest BCUT2D eigenvalue weighted by molar-refractivity contribution is 7.61. The maximum Gasteiger partial charge on any atom is 0.481 e. The van der Waals surface area contributed by atoms with Crippen LogP contribution in [-0.4, -0.2) is 96.9 Å². The van der Waals surface area contributed by atoms with Gasteiger partial charge in [0, 0.05) is 19.0 Å². The Kier molecular flexibility index (Phi) is 34.7. The Bertz CT molecular complexity index is 2120. The van der Waals surface area contributed by atoms with Gasteiger partial charge in [-0.2, -0.15) is 9.29 Å². The molecule has 73 heavy (non-hydrogen) atoms. The van der Waals surface area contributed by atoms with Crippen molar-refractivity contribution in [3.8, 4) is 0 Å².